The van der Waals surface area contributed by atoms with E-state index in [0.717, 1.165) is 23.3 Å². The second-order valence-electron chi connectivity index (χ2n) is 8.58. The molecule has 0 unspecified atom stereocenters. The van der Waals surface area contributed by atoms with Crippen LogP contribution in [0.4, 0.5) is 5.13 Å². The molecule has 2 aromatic carbocycles. The van der Waals surface area contributed by atoms with Crippen molar-refractivity contribution in [3.05, 3.63) is 80.9 Å². The molecule has 1 atom stereocenters. The van der Waals surface area contributed by atoms with Crippen LogP contribution in [0.25, 0.3) is 5.76 Å². The van der Waals surface area contributed by atoms with Gasteiger partial charge in [0.15, 0.2) is 5.13 Å². The van der Waals surface area contributed by atoms with Crippen molar-refractivity contribution >= 4 is 39.9 Å². The van der Waals surface area contributed by atoms with Crippen molar-refractivity contribution in [1.29, 1.82) is 0 Å². The standard InChI is InChI=1S/C28H28N2O6S/c1-6-17-8-10-18(11-9-17)22-21(23(31)20-13-12-19(35-5)14-15(20)3)24(32)26(33)30(22)28-29-16(4)25(37-28)27(34)36-7-2/h8-14,22,31H,6-7H2,1-5H3/t22-/m1/s1. The molecular formula is C28H28N2O6S. The lowest BCUT2D eigenvalue weighted by Gasteiger charge is -2.23. The van der Waals surface area contributed by atoms with Gasteiger partial charge in [-0.1, -0.05) is 42.5 Å². The molecule has 0 saturated carbocycles. The van der Waals surface area contributed by atoms with E-state index in [4.69, 9.17) is 9.47 Å². The second kappa shape index (κ2) is 10.6. The minimum atomic E-state index is -0.937. The van der Waals surface area contributed by atoms with E-state index >= 15 is 0 Å². The van der Waals surface area contributed by atoms with Gasteiger partial charge in [0.2, 0.25) is 0 Å². The molecule has 1 saturated heterocycles. The van der Waals surface area contributed by atoms with Crippen molar-refractivity contribution < 1.29 is 29.0 Å². The number of benzene rings is 2. The number of carbonyl (C=O) groups is 3. The zero-order valence-electron chi connectivity index (χ0n) is 21.3. The molecule has 4 rings (SSSR count). The maximum Gasteiger partial charge on any atom is 0.350 e. The lowest BCUT2D eigenvalue weighted by atomic mass is 9.93. The first-order valence-corrected chi connectivity index (χ1v) is 12.7. The van der Waals surface area contributed by atoms with Crippen molar-refractivity contribution in [3.63, 3.8) is 0 Å². The van der Waals surface area contributed by atoms with Crippen molar-refractivity contribution in [2.75, 3.05) is 18.6 Å². The molecule has 192 valence electrons. The zero-order valence-corrected chi connectivity index (χ0v) is 22.1. The summed E-state index contributed by atoms with van der Waals surface area (Å²) in [5, 5.41) is 11.6. The number of aryl methyl sites for hydroxylation is 3. The first kappa shape index (κ1) is 26.1. The van der Waals surface area contributed by atoms with Crippen LogP contribution in [0, 0.1) is 13.8 Å². The van der Waals surface area contributed by atoms with Gasteiger partial charge in [0.25, 0.3) is 5.78 Å². The molecule has 2 heterocycles. The number of anilines is 1. The SMILES string of the molecule is CCOC(=O)c1sc(N2C(=O)C(=O)C(=C(O)c3ccc(OC)cc3C)[C@H]2c2ccc(CC)cc2)nc1C. The number of rotatable bonds is 7. The van der Waals surface area contributed by atoms with E-state index in [9.17, 15) is 19.5 Å². The van der Waals surface area contributed by atoms with Gasteiger partial charge in [-0.3, -0.25) is 14.5 Å². The number of methoxy groups -OCH3 is 1. The number of ether oxygens (including phenoxy) is 2. The lowest BCUT2D eigenvalue weighted by molar-refractivity contribution is -0.132. The average Bonchev–Trinajstić information content (AvgIpc) is 3.40. The van der Waals surface area contributed by atoms with E-state index in [2.05, 4.69) is 4.98 Å². The highest BCUT2D eigenvalue weighted by Crippen LogP contribution is 2.44. The number of aromatic nitrogens is 1. The van der Waals surface area contributed by atoms with Gasteiger partial charge < -0.3 is 14.6 Å². The Labute approximate surface area is 219 Å². The summed E-state index contributed by atoms with van der Waals surface area (Å²) in [6, 6.07) is 11.7. The third-order valence-electron chi connectivity index (χ3n) is 6.29. The maximum absolute atomic E-state index is 13.4. The Morgan fingerprint density at radius 3 is 2.41 bits per heavy atom. The van der Waals surface area contributed by atoms with Crippen LogP contribution in [-0.4, -0.2) is 41.5 Å². The zero-order chi connectivity index (χ0) is 26.9. The quantitative estimate of drug-likeness (QED) is 0.199. The number of hydrogen-bond acceptors (Lipinski definition) is 8. The highest BCUT2D eigenvalue weighted by atomic mass is 32.1. The van der Waals surface area contributed by atoms with Crippen LogP contribution < -0.4 is 9.64 Å². The maximum atomic E-state index is 13.4. The van der Waals surface area contributed by atoms with Crippen LogP contribution in [0.3, 0.4) is 0 Å². The number of aliphatic hydroxyl groups excluding tert-OH is 1. The van der Waals surface area contributed by atoms with Crippen molar-refractivity contribution in [3.8, 4) is 5.75 Å². The molecule has 0 bridgehead atoms. The molecule has 37 heavy (non-hydrogen) atoms. The molecule has 1 fully saturated rings. The Morgan fingerprint density at radius 2 is 1.81 bits per heavy atom. The van der Waals surface area contributed by atoms with Gasteiger partial charge in [0, 0.05) is 5.56 Å². The van der Waals surface area contributed by atoms with Crippen LogP contribution in [0.15, 0.2) is 48.0 Å². The Morgan fingerprint density at radius 1 is 1.11 bits per heavy atom. The normalized spacial score (nSPS) is 16.8. The van der Waals surface area contributed by atoms with E-state index < -0.39 is 23.7 Å². The molecule has 1 aromatic heterocycles. The number of aliphatic hydroxyl groups is 1. The summed E-state index contributed by atoms with van der Waals surface area (Å²) in [7, 11) is 1.54. The molecular weight excluding hydrogens is 492 g/mol. The summed E-state index contributed by atoms with van der Waals surface area (Å²) in [5.74, 6) is -1.89. The van der Waals surface area contributed by atoms with Crippen molar-refractivity contribution in [2.24, 2.45) is 0 Å². The summed E-state index contributed by atoms with van der Waals surface area (Å²) < 4.78 is 10.4. The van der Waals surface area contributed by atoms with Gasteiger partial charge >= 0.3 is 11.9 Å². The van der Waals surface area contributed by atoms with Crippen LogP contribution >= 0.6 is 11.3 Å². The molecule has 1 aliphatic heterocycles. The highest BCUT2D eigenvalue weighted by molar-refractivity contribution is 7.17. The fraction of sp³-hybridized carbons (Fsp3) is 0.286. The third kappa shape index (κ3) is 4.74. The predicted molar refractivity (Wildman–Crippen MR) is 141 cm³/mol. The summed E-state index contributed by atoms with van der Waals surface area (Å²) in [4.78, 5) is 45.2. The molecule has 0 radical (unpaired) electrons. The monoisotopic (exact) mass is 520 g/mol. The second-order valence-corrected chi connectivity index (χ2v) is 9.55. The molecule has 0 spiro atoms. The number of nitrogens with zero attached hydrogens (tertiary/aromatic N) is 2. The first-order valence-electron chi connectivity index (χ1n) is 11.9. The van der Waals surface area contributed by atoms with E-state index in [1.165, 1.54) is 4.90 Å². The average molecular weight is 521 g/mol. The van der Waals surface area contributed by atoms with Crippen molar-refractivity contribution in [1.82, 2.24) is 4.98 Å². The minimum Gasteiger partial charge on any atom is -0.507 e. The fourth-order valence-corrected chi connectivity index (χ4v) is 5.31. The number of Topliss-reactive ketones (excluding diaryl/α,β-unsaturated/α-hetero) is 1. The predicted octanol–water partition coefficient (Wildman–Crippen LogP) is 5.13. The molecule has 1 aliphatic rings. The van der Waals surface area contributed by atoms with Gasteiger partial charge in [-0.2, -0.15) is 0 Å². The smallest absolute Gasteiger partial charge is 0.350 e. The van der Waals surface area contributed by atoms with Crippen molar-refractivity contribution in [2.45, 2.75) is 40.2 Å². The number of thiazole rings is 1. The van der Waals surface area contributed by atoms with E-state index in [-0.39, 0.29) is 27.9 Å². The lowest BCUT2D eigenvalue weighted by Crippen LogP contribution is -2.29. The summed E-state index contributed by atoms with van der Waals surface area (Å²) in [5.41, 5.74) is 3.16. The number of carbonyl (C=O) groups excluding carboxylic acids is 3. The number of esters is 1. The van der Waals surface area contributed by atoms with E-state index in [1.807, 2.05) is 31.2 Å². The summed E-state index contributed by atoms with van der Waals surface area (Å²) >= 11 is 0.981. The highest BCUT2D eigenvalue weighted by Gasteiger charge is 2.48. The number of ketones is 1. The topological polar surface area (TPSA) is 106 Å². The van der Waals surface area contributed by atoms with Crippen LogP contribution in [-0.2, 0) is 20.7 Å². The Kier molecular flexibility index (Phi) is 7.45. The number of amides is 1. The van der Waals surface area contributed by atoms with Crippen LogP contribution in [0.1, 0.15) is 57.5 Å². The Bertz CT molecular complexity index is 1410. The van der Waals surface area contributed by atoms with Gasteiger partial charge in [-0.25, -0.2) is 9.78 Å². The molecule has 3 aromatic rings. The van der Waals surface area contributed by atoms with Gasteiger partial charge in [-0.15, -0.1) is 0 Å². The van der Waals surface area contributed by atoms with E-state index in [0.29, 0.717) is 28.1 Å². The molecule has 0 aliphatic carbocycles. The first-order chi connectivity index (χ1) is 17.7. The summed E-state index contributed by atoms with van der Waals surface area (Å²) in [6.07, 6.45) is 0.820. The molecule has 1 amide bonds. The summed E-state index contributed by atoms with van der Waals surface area (Å²) in [6.45, 7) is 7.36. The fourth-order valence-electron chi connectivity index (χ4n) is 4.33. The minimum absolute atomic E-state index is 0.0481. The molecule has 9 heteroatoms. The third-order valence-corrected chi connectivity index (χ3v) is 7.43. The van der Waals surface area contributed by atoms with E-state index in [1.54, 1.807) is 46.1 Å². The molecule has 1 N–H and O–H groups in total. The molecule has 8 nitrogen and oxygen atoms in total. The number of hydrogen-bond donors (Lipinski definition) is 1. The largest absolute Gasteiger partial charge is 0.507 e. The van der Waals surface area contributed by atoms with Gasteiger partial charge in [0.1, 0.15) is 16.4 Å². The Balaban J connectivity index is 1.92. The van der Waals surface area contributed by atoms with Gasteiger partial charge in [-0.05, 0) is 62.1 Å². The van der Waals surface area contributed by atoms with Gasteiger partial charge in [0.05, 0.1) is 31.0 Å². The van der Waals surface area contributed by atoms with Crippen LogP contribution in [0.5, 0.6) is 5.75 Å². The Hall–Kier alpha value is -3.98. The van der Waals surface area contributed by atoms with Crippen LogP contribution in [0.2, 0.25) is 0 Å².